The lowest BCUT2D eigenvalue weighted by molar-refractivity contribution is 0.588. The van der Waals surface area contributed by atoms with Crippen molar-refractivity contribution >= 4 is 38.8 Å². The van der Waals surface area contributed by atoms with Crippen molar-refractivity contribution in [1.29, 1.82) is 5.26 Å². The van der Waals surface area contributed by atoms with Crippen LogP contribution in [0.25, 0.3) is 50.2 Å². The van der Waals surface area contributed by atoms with Gasteiger partial charge in [-0.05, 0) is 66.8 Å². The highest BCUT2D eigenvalue weighted by Gasteiger charge is 2.25. The summed E-state index contributed by atoms with van der Waals surface area (Å²) in [5, 5.41) is 14.0. The Morgan fingerprint density at radius 1 is 0.700 bits per heavy atom. The summed E-state index contributed by atoms with van der Waals surface area (Å²) in [5.41, 5.74) is 9.30. The third-order valence-corrected chi connectivity index (χ3v) is 7.84. The summed E-state index contributed by atoms with van der Waals surface area (Å²) in [5.74, 6) is 0. The lowest BCUT2D eigenvalue weighted by atomic mass is 9.83. The molecule has 0 fully saturated rings. The van der Waals surface area contributed by atoms with Crippen molar-refractivity contribution in [2.45, 2.75) is 40.0 Å². The third-order valence-electron chi connectivity index (χ3n) is 7.84. The monoisotopic (exact) mass is 519 g/mol. The van der Waals surface area contributed by atoms with Crippen LogP contribution in [0.5, 0.6) is 0 Å². The topological polar surface area (TPSA) is 33.6 Å². The predicted molar refractivity (Wildman–Crippen MR) is 170 cm³/mol. The summed E-state index contributed by atoms with van der Waals surface area (Å²) < 4.78 is 4.71. The summed E-state index contributed by atoms with van der Waals surface area (Å²) in [4.78, 5) is 0. The van der Waals surface area contributed by atoms with Gasteiger partial charge in [0, 0.05) is 21.9 Å². The number of allylic oxidation sites excluding steroid dienone is 3. The molecule has 0 unspecified atom stereocenters. The fraction of sp³-hybridized carbons (Fsp3) is 0.162. The molecule has 0 saturated heterocycles. The number of hydrogen-bond donors (Lipinski definition) is 0. The molecule has 4 aromatic carbocycles. The van der Waals surface area contributed by atoms with E-state index in [4.69, 9.17) is 0 Å². The maximum absolute atomic E-state index is 10.4. The second-order valence-electron chi connectivity index (χ2n) is 11.4. The average molecular weight is 520 g/mol. The van der Waals surface area contributed by atoms with Gasteiger partial charge in [-0.15, -0.1) is 0 Å². The van der Waals surface area contributed by atoms with Gasteiger partial charge in [-0.3, -0.25) is 0 Å². The van der Waals surface area contributed by atoms with E-state index in [9.17, 15) is 5.26 Å². The Labute approximate surface area is 235 Å². The van der Waals surface area contributed by atoms with Crippen LogP contribution in [-0.2, 0) is 5.41 Å². The second kappa shape index (κ2) is 9.74. The van der Waals surface area contributed by atoms with Crippen LogP contribution in [0.1, 0.15) is 50.1 Å². The molecule has 6 rings (SSSR count). The predicted octanol–water partition coefficient (Wildman–Crippen LogP) is 9.79. The van der Waals surface area contributed by atoms with Crippen molar-refractivity contribution in [3.05, 3.63) is 126 Å². The zero-order valence-corrected chi connectivity index (χ0v) is 23.7. The summed E-state index contributed by atoms with van der Waals surface area (Å²) in [7, 11) is 0. The molecular formula is C37H33N3. The van der Waals surface area contributed by atoms with Crippen LogP contribution in [0.15, 0.2) is 103 Å². The molecule has 0 aliphatic heterocycles. The number of para-hydroxylation sites is 3. The number of hydrogen-bond acceptors (Lipinski definition) is 1. The van der Waals surface area contributed by atoms with Gasteiger partial charge in [0.05, 0.1) is 39.6 Å². The summed E-state index contributed by atoms with van der Waals surface area (Å²) in [6.07, 6.45) is 8.36. The first-order valence-corrected chi connectivity index (χ1v) is 13.8. The molecule has 0 amide bonds. The number of fused-ring (bicyclic) bond motifs is 4. The van der Waals surface area contributed by atoms with E-state index < -0.39 is 0 Å². The zero-order valence-electron chi connectivity index (χ0n) is 23.7. The molecule has 0 saturated carbocycles. The van der Waals surface area contributed by atoms with E-state index >= 15 is 0 Å². The maximum atomic E-state index is 10.4. The lowest BCUT2D eigenvalue weighted by Crippen LogP contribution is -2.16. The molecule has 0 N–H and O–H groups in total. The summed E-state index contributed by atoms with van der Waals surface area (Å²) >= 11 is 0. The van der Waals surface area contributed by atoms with Crippen molar-refractivity contribution < 1.29 is 0 Å². The molecule has 3 heteroatoms. The average Bonchev–Trinajstić information content (AvgIpc) is 3.44. The van der Waals surface area contributed by atoms with Crippen molar-refractivity contribution in [3.63, 3.8) is 0 Å². The Balaban J connectivity index is 1.83. The molecule has 0 bridgehead atoms. The number of aryl methyl sites for hydroxylation is 1. The molecule has 3 nitrogen and oxygen atoms in total. The number of nitriles is 1. The van der Waals surface area contributed by atoms with Crippen LogP contribution in [0.4, 0.5) is 0 Å². The highest BCUT2D eigenvalue weighted by molar-refractivity contribution is 6.09. The number of aromatic nitrogens is 2. The minimum atomic E-state index is -0.208. The fourth-order valence-electron chi connectivity index (χ4n) is 5.97. The lowest BCUT2D eigenvalue weighted by Gasteiger charge is -2.25. The quantitative estimate of drug-likeness (QED) is 0.213. The van der Waals surface area contributed by atoms with Gasteiger partial charge in [-0.1, -0.05) is 93.6 Å². The Morgan fingerprint density at radius 2 is 1.23 bits per heavy atom. The fourth-order valence-corrected chi connectivity index (χ4v) is 5.97. The van der Waals surface area contributed by atoms with E-state index in [1.807, 2.05) is 13.0 Å². The van der Waals surface area contributed by atoms with Gasteiger partial charge in [0.25, 0.3) is 0 Å². The highest BCUT2D eigenvalue weighted by atomic mass is 15.1. The van der Waals surface area contributed by atoms with Gasteiger partial charge in [-0.2, -0.15) is 5.26 Å². The first-order valence-electron chi connectivity index (χ1n) is 13.8. The molecule has 0 aliphatic carbocycles. The van der Waals surface area contributed by atoms with Gasteiger partial charge >= 0.3 is 0 Å². The van der Waals surface area contributed by atoms with E-state index in [0.717, 1.165) is 39.2 Å². The van der Waals surface area contributed by atoms with Crippen molar-refractivity contribution in [2.75, 3.05) is 0 Å². The molecule has 2 aromatic heterocycles. The minimum absolute atomic E-state index is 0.208. The first-order chi connectivity index (χ1) is 19.3. The Hall–Kier alpha value is -4.81. The van der Waals surface area contributed by atoms with Gasteiger partial charge in [-0.25, -0.2) is 0 Å². The molecule has 2 heterocycles. The molecule has 6 aromatic rings. The van der Waals surface area contributed by atoms with Crippen LogP contribution >= 0.6 is 0 Å². The Bertz CT molecular complexity index is 1960. The number of benzene rings is 4. The SMILES string of the molecule is C/C=C\C=C/c1c(C)c2ccccc2n1-c1cc(C#N)c(C(C)(C)C)cc1-n1c2ccccc2c2ccccc21. The number of nitrogens with zero attached hydrogens (tertiary/aromatic N) is 3. The van der Waals surface area contributed by atoms with E-state index in [0.29, 0.717) is 5.56 Å². The van der Waals surface area contributed by atoms with Gasteiger partial charge < -0.3 is 9.13 Å². The molecule has 0 spiro atoms. The van der Waals surface area contributed by atoms with Crippen LogP contribution in [0.3, 0.4) is 0 Å². The molecule has 40 heavy (non-hydrogen) atoms. The summed E-state index contributed by atoms with van der Waals surface area (Å²) in [6, 6.07) is 32.6. The molecule has 0 aliphatic rings. The van der Waals surface area contributed by atoms with Crippen LogP contribution in [0.2, 0.25) is 0 Å². The van der Waals surface area contributed by atoms with Crippen LogP contribution < -0.4 is 0 Å². The maximum Gasteiger partial charge on any atom is 0.0995 e. The van der Waals surface area contributed by atoms with E-state index in [-0.39, 0.29) is 5.41 Å². The van der Waals surface area contributed by atoms with Crippen molar-refractivity contribution in [3.8, 4) is 17.4 Å². The Morgan fingerprint density at radius 3 is 1.77 bits per heavy atom. The van der Waals surface area contributed by atoms with Gasteiger partial charge in [0.2, 0.25) is 0 Å². The van der Waals surface area contributed by atoms with Crippen molar-refractivity contribution in [2.24, 2.45) is 0 Å². The standard InChI is InChI=1S/C37H33N3/c1-6-7-8-18-31-25(2)27-15-9-12-19-32(27)39(31)35-22-26(24-38)30(37(3,4)5)23-36(35)40-33-20-13-10-16-28(33)29-17-11-14-21-34(29)40/h6-23H,1-5H3/b7-6-,18-8-. The smallest absolute Gasteiger partial charge is 0.0995 e. The van der Waals surface area contributed by atoms with Crippen molar-refractivity contribution in [1.82, 2.24) is 9.13 Å². The van der Waals surface area contributed by atoms with Gasteiger partial charge in [0.15, 0.2) is 0 Å². The summed E-state index contributed by atoms with van der Waals surface area (Å²) in [6.45, 7) is 10.7. The highest BCUT2D eigenvalue weighted by Crippen LogP contribution is 2.40. The van der Waals surface area contributed by atoms with E-state index in [2.05, 4.69) is 146 Å². The molecule has 0 radical (unpaired) electrons. The van der Waals surface area contributed by atoms with E-state index in [1.54, 1.807) is 0 Å². The van der Waals surface area contributed by atoms with E-state index in [1.165, 1.54) is 21.7 Å². The molecule has 0 atom stereocenters. The first kappa shape index (κ1) is 25.5. The molecular weight excluding hydrogens is 486 g/mol. The Kier molecular flexibility index (Phi) is 6.20. The molecule has 196 valence electrons. The second-order valence-corrected chi connectivity index (χ2v) is 11.4. The third kappa shape index (κ3) is 3.96. The van der Waals surface area contributed by atoms with Crippen LogP contribution in [-0.4, -0.2) is 9.13 Å². The van der Waals surface area contributed by atoms with Gasteiger partial charge in [0.1, 0.15) is 0 Å². The number of rotatable bonds is 4. The van der Waals surface area contributed by atoms with Crippen LogP contribution in [0, 0.1) is 18.3 Å². The minimum Gasteiger partial charge on any atom is -0.307 e. The largest absolute Gasteiger partial charge is 0.307 e. The normalized spacial score (nSPS) is 12.4. The zero-order chi connectivity index (χ0) is 28.0.